The number of ether oxygens (including phenoxy) is 4. The van der Waals surface area contributed by atoms with Crippen LogP contribution in [-0.2, 0) is 32.2 Å². The molecule has 1 aliphatic carbocycles. The van der Waals surface area contributed by atoms with Crippen LogP contribution in [0.1, 0.15) is 30.4 Å². The largest absolute Gasteiger partial charge is 0.371 e. The highest BCUT2D eigenvalue weighted by Gasteiger charge is 2.69. The lowest BCUT2D eigenvalue weighted by atomic mass is 9.53. The Hall–Kier alpha value is -2.24. The fraction of sp³-hybridized carbons (Fsp3) is 0.467. The van der Waals surface area contributed by atoms with Crippen molar-refractivity contribution in [3.05, 3.63) is 96.1 Å². The normalized spacial score (nSPS) is 41.2. The van der Waals surface area contributed by atoms with Crippen molar-refractivity contribution in [2.45, 2.75) is 69.1 Å². The smallest absolute Gasteiger partial charge is 0.106 e. The molecule has 4 saturated heterocycles. The molecular weight excluding hydrogens is 424 g/mol. The third-order valence-corrected chi connectivity index (χ3v) is 8.98. The van der Waals surface area contributed by atoms with Gasteiger partial charge in [0.15, 0.2) is 0 Å². The number of hydrogen-bond donors (Lipinski definition) is 0. The molecule has 1 unspecified atom stereocenters. The summed E-state index contributed by atoms with van der Waals surface area (Å²) >= 11 is 0. The van der Waals surface area contributed by atoms with Crippen LogP contribution in [0, 0.1) is 17.3 Å². The second kappa shape index (κ2) is 8.17. The zero-order chi connectivity index (χ0) is 22.7. The fourth-order valence-corrected chi connectivity index (χ4v) is 7.54. The first-order valence-electron chi connectivity index (χ1n) is 12.7. The van der Waals surface area contributed by atoms with E-state index in [1.807, 2.05) is 12.1 Å². The summed E-state index contributed by atoms with van der Waals surface area (Å²) in [6, 6.07) is 20.8. The first-order valence-corrected chi connectivity index (χ1v) is 12.7. The minimum absolute atomic E-state index is 0.0628. The van der Waals surface area contributed by atoms with Gasteiger partial charge < -0.3 is 18.9 Å². The highest BCUT2D eigenvalue weighted by Crippen LogP contribution is 2.65. The lowest BCUT2D eigenvalue weighted by Crippen LogP contribution is -2.53. The third-order valence-electron chi connectivity index (χ3n) is 8.98. The molecule has 7 rings (SSSR count). The minimum atomic E-state index is -0.0628. The Morgan fingerprint density at radius 2 is 1.50 bits per heavy atom. The van der Waals surface area contributed by atoms with Gasteiger partial charge in [0.05, 0.1) is 43.7 Å². The summed E-state index contributed by atoms with van der Waals surface area (Å²) in [6.07, 6.45) is 8.36. The summed E-state index contributed by atoms with van der Waals surface area (Å²) in [7, 11) is 0. The highest BCUT2D eigenvalue weighted by molar-refractivity contribution is 5.36. The van der Waals surface area contributed by atoms with Crippen molar-refractivity contribution in [2.24, 2.45) is 17.3 Å². The maximum atomic E-state index is 6.65. The molecule has 9 atom stereocenters. The second-order valence-corrected chi connectivity index (χ2v) is 10.6. The number of allylic oxidation sites excluding steroid dienone is 1. The van der Waals surface area contributed by atoms with E-state index in [4.69, 9.17) is 18.9 Å². The maximum Gasteiger partial charge on any atom is 0.106 e. The van der Waals surface area contributed by atoms with E-state index in [0.29, 0.717) is 25.0 Å². The van der Waals surface area contributed by atoms with Gasteiger partial charge in [-0.05, 0) is 23.1 Å². The van der Waals surface area contributed by atoms with Gasteiger partial charge in [0.1, 0.15) is 6.10 Å². The second-order valence-electron chi connectivity index (χ2n) is 10.6. The van der Waals surface area contributed by atoms with E-state index in [-0.39, 0.29) is 42.0 Å². The molecule has 2 aromatic rings. The number of hydrogen-bond acceptors (Lipinski definition) is 4. The van der Waals surface area contributed by atoms with Crippen molar-refractivity contribution >= 4 is 0 Å². The molecule has 0 radical (unpaired) electrons. The number of rotatable bonds is 7. The Bertz CT molecular complexity index is 1080. The molecular formula is C30H32O4. The molecule has 0 saturated carbocycles. The number of fused-ring (bicyclic) bond motifs is 11. The van der Waals surface area contributed by atoms with Crippen LogP contribution < -0.4 is 0 Å². The maximum absolute atomic E-state index is 6.65. The molecule has 34 heavy (non-hydrogen) atoms. The molecule has 0 aromatic heterocycles. The van der Waals surface area contributed by atoms with Gasteiger partial charge in [-0.15, -0.1) is 6.58 Å². The first kappa shape index (κ1) is 21.1. The average Bonchev–Trinajstić information content (AvgIpc) is 3.66. The van der Waals surface area contributed by atoms with E-state index in [0.717, 1.165) is 19.3 Å². The molecule has 4 nitrogen and oxygen atoms in total. The van der Waals surface area contributed by atoms with Gasteiger partial charge in [0.2, 0.25) is 0 Å². The van der Waals surface area contributed by atoms with Gasteiger partial charge in [0.25, 0.3) is 0 Å². The molecule has 4 fully saturated rings. The van der Waals surface area contributed by atoms with Crippen LogP contribution in [0.15, 0.2) is 85.0 Å². The van der Waals surface area contributed by atoms with Gasteiger partial charge in [-0.25, -0.2) is 0 Å². The van der Waals surface area contributed by atoms with Gasteiger partial charge in [-0.3, -0.25) is 0 Å². The van der Waals surface area contributed by atoms with Gasteiger partial charge in [-0.2, -0.15) is 0 Å². The fourth-order valence-electron chi connectivity index (χ4n) is 7.54. The molecule has 0 amide bonds. The van der Waals surface area contributed by atoms with E-state index in [2.05, 4.69) is 67.3 Å². The summed E-state index contributed by atoms with van der Waals surface area (Å²) < 4.78 is 26.0. The summed E-state index contributed by atoms with van der Waals surface area (Å²) in [4.78, 5) is 0. The molecule has 0 N–H and O–H groups in total. The summed E-state index contributed by atoms with van der Waals surface area (Å²) in [5.74, 6) is 0.843. The predicted octanol–water partition coefficient (Wildman–Crippen LogP) is 5.23. The summed E-state index contributed by atoms with van der Waals surface area (Å²) in [5, 5.41) is 0. The minimum Gasteiger partial charge on any atom is -0.371 e. The van der Waals surface area contributed by atoms with E-state index < -0.39 is 0 Å². The molecule has 4 aliphatic heterocycles. The quantitative estimate of drug-likeness (QED) is 0.535. The molecule has 4 bridgehead atoms. The zero-order valence-corrected chi connectivity index (χ0v) is 19.4. The van der Waals surface area contributed by atoms with Crippen molar-refractivity contribution in [2.75, 3.05) is 0 Å². The third kappa shape index (κ3) is 3.12. The lowest BCUT2D eigenvalue weighted by molar-refractivity contribution is -0.0533. The first-order chi connectivity index (χ1) is 16.8. The zero-order valence-electron chi connectivity index (χ0n) is 19.4. The lowest BCUT2D eigenvalue weighted by Gasteiger charge is -2.49. The monoisotopic (exact) mass is 456 g/mol. The Balaban J connectivity index is 1.08. The van der Waals surface area contributed by atoms with Crippen LogP contribution in [0.5, 0.6) is 0 Å². The molecule has 4 heterocycles. The van der Waals surface area contributed by atoms with Crippen molar-refractivity contribution in [3.63, 3.8) is 0 Å². The van der Waals surface area contributed by atoms with Crippen molar-refractivity contribution in [1.29, 1.82) is 0 Å². The van der Waals surface area contributed by atoms with Gasteiger partial charge in [0, 0.05) is 30.1 Å². The highest BCUT2D eigenvalue weighted by atomic mass is 16.6. The van der Waals surface area contributed by atoms with Gasteiger partial charge in [-0.1, -0.05) is 72.8 Å². The molecule has 0 spiro atoms. The molecule has 5 aliphatic rings. The van der Waals surface area contributed by atoms with E-state index >= 15 is 0 Å². The van der Waals surface area contributed by atoms with Gasteiger partial charge >= 0.3 is 0 Å². The predicted molar refractivity (Wildman–Crippen MR) is 129 cm³/mol. The van der Waals surface area contributed by atoms with Crippen LogP contribution >= 0.6 is 0 Å². The SMILES string of the molecule is C=CC12CC=C3[C@@H]([C@H]1[C@@H]1C[C@H](OCc4ccccc4)[C@H]2O1)[C@@H]1C[C@H](OCc2ccccc2)[C@H]3O1. The van der Waals surface area contributed by atoms with Crippen LogP contribution in [-0.4, -0.2) is 36.6 Å². The average molecular weight is 457 g/mol. The molecule has 176 valence electrons. The Morgan fingerprint density at radius 1 is 0.853 bits per heavy atom. The Labute approximate surface area is 201 Å². The van der Waals surface area contributed by atoms with Crippen molar-refractivity contribution in [1.82, 2.24) is 0 Å². The van der Waals surface area contributed by atoms with Crippen LogP contribution in [0.2, 0.25) is 0 Å². The van der Waals surface area contributed by atoms with E-state index in [1.54, 1.807) is 0 Å². The van der Waals surface area contributed by atoms with Crippen LogP contribution in [0.4, 0.5) is 0 Å². The van der Waals surface area contributed by atoms with Crippen molar-refractivity contribution in [3.8, 4) is 0 Å². The molecule has 2 aromatic carbocycles. The van der Waals surface area contributed by atoms with E-state index in [1.165, 1.54) is 16.7 Å². The van der Waals surface area contributed by atoms with Crippen LogP contribution in [0.3, 0.4) is 0 Å². The van der Waals surface area contributed by atoms with Crippen molar-refractivity contribution < 1.29 is 18.9 Å². The van der Waals surface area contributed by atoms with E-state index in [9.17, 15) is 0 Å². The Morgan fingerprint density at radius 3 is 2.18 bits per heavy atom. The topological polar surface area (TPSA) is 36.9 Å². The van der Waals surface area contributed by atoms with Crippen LogP contribution in [0.25, 0.3) is 0 Å². The molecule has 4 heteroatoms. The Kier molecular flexibility index (Phi) is 5.06. The number of benzene rings is 2. The standard InChI is InChI=1S/C30H32O4/c1-2-30-14-13-21-26(22-15-24(28(21)33-22)31-17-19-9-5-3-6-10-19)27(30)23-16-25(29(30)34-23)32-18-20-11-7-4-8-12-20/h2-13,22-29H,1,14-18H2/t22-,23-,24-,25-,26+,27+,28-,29+,30?/m0/s1. The summed E-state index contributed by atoms with van der Waals surface area (Å²) in [5.41, 5.74) is 3.82. The summed E-state index contributed by atoms with van der Waals surface area (Å²) in [6.45, 7) is 5.59.